The summed E-state index contributed by atoms with van der Waals surface area (Å²) in [6.45, 7) is 0.632. The second kappa shape index (κ2) is 7.20. The SMILES string of the molecule is COc1cccc(S(=O)(=O)N2C[C@@H]3[C@H](O)C(=O)N(Cc4ccccc4)[C@@H]3C2)c1. The lowest BCUT2D eigenvalue weighted by atomic mass is 10.0. The third kappa shape index (κ3) is 3.17. The van der Waals surface area contributed by atoms with Gasteiger partial charge in [-0.3, -0.25) is 4.79 Å². The summed E-state index contributed by atoms with van der Waals surface area (Å²) < 4.78 is 32.6. The lowest BCUT2D eigenvalue weighted by molar-refractivity contribution is -0.136. The fourth-order valence-corrected chi connectivity index (χ4v) is 5.55. The lowest BCUT2D eigenvalue weighted by Crippen LogP contribution is -2.40. The number of aliphatic hydroxyl groups excluding tert-OH is 1. The van der Waals surface area contributed by atoms with Gasteiger partial charge in [0, 0.05) is 31.6 Å². The van der Waals surface area contributed by atoms with Gasteiger partial charge in [0.1, 0.15) is 11.9 Å². The zero-order valence-corrected chi connectivity index (χ0v) is 16.2. The van der Waals surface area contributed by atoms with E-state index in [1.165, 1.54) is 23.5 Å². The van der Waals surface area contributed by atoms with E-state index in [0.717, 1.165) is 5.56 Å². The highest BCUT2D eigenvalue weighted by molar-refractivity contribution is 7.89. The molecule has 4 rings (SSSR count). The molecule has 2 aliphatic heterocycles. The molecule has 2 aromatic carbocycles. The van der Waals surface area contributed by atoms with Crippen molar-refractivity contribution in [1.29, 1.82) is 0 Å². The molecule has 0 aliphatic carbocycles. The Hall–Kier alpha value is -2.42. The van der Waals surface area contributed by atoms with Crippen molar-refractivity contribution in [2.24, 2.45) is 5.92 Å². The third-order valence-corrected chi connectivity index (χ3v) is 7.34. The van der Waals surface area contributed by atoms with Crippen LogP contribution in [0.15, 0.2) is 59.5 Å². The monoisotopic (exact) mass is 402 g/mol. The topological polar surface area (TPSA) is 87.1 Å². The molecule has 0 unspecified atom stereocenters. The first-order chi connectivity index (χ1) is 13.4. The number of amides is 1. The van der Waals surface area contributed by atoms with Crippen molar-refractivity contribution in [2.75, 3.05) is 20.2 Å². The van der Waals surface area contributed by atoms with Crippen LogP contribution >= 0.6 is 0 Å². The van der Waals surface area contributed by atoms with Crippen LogP contribution in [0.25, 0.3) is 0 Å². The number of fused-ring (bicyclic) bond motifs is 1. The number of likely N-dealkylation sites (tertiary alicyclic amines) is 1. The molecular weight excluding hydrogens is 380 g/mol. The van der Waals surface area contributed by atoms with E-state index < -0.39 is 22.0 Å². The Kier molecular flexibility index (Phi) is 4.86. The van der Waals surface area contributed by atoms with Crippen LogP contribution in [0.5, 0.6) is 5.75 Å². The van der Waals surface area contributed by atoms with Crippen molar-refractivity contribution < 1.29 is 23.1 Å². The standard InChI is InChI=1S/C20H22N2O5S/c1-27-15-8-5-9-16(10-15)28(25,26)21-12-17-18(13-21)22(20(24)19(17)23)11-14-6-3-2-4-7-14/h2-10,17-19,23H,11-13H2,1H3/t17-,18+,19-/m0/s1. The van der Waals surface area contributed by atoms with Crippen LogP contribution < -0.4 is 4.74 Å². The molecule has 8 heteroatoms. The number of ether oxygens (including phenoxy) is 1. The summed E-state index contributed by atoms with van der Waals surface area (Å²) in [6.07, 6.45) is -1.18. The van der Waals surface area contributed by atoms with E-state index in [0.29, 0.717) is 12.3 Å². The summed E-state index contributed by atoms with van der Waals surface area (Å²) in [5.41, 5.74) is 0.942. The van der Waals surface area contributed by atoms with Crippen LogP contribution in [0.4, 0.5) is 0 Å². The van der Waals surface area contributed by atoms with Crippen LogP contribution in [0.2, 0.25) is 0 Å². The van der Waals surface area contributed by atoms with Gasteiger partial charge in [0.2, 0.25) is 10.0 Å². The molecule has 0 bridgehead atoms. The molecule has 2 heterocycles. The van der Waals surface area contributed by atoms with E-state index in [1.807, 2.05) is 30.3 Å². The Balaban J connectivity index is 1.58. The van der Waals surface area contributed by atoms with Crippen molar-refractivity contribution in [3.8, 4) is 5.75 Å². The molecule has 1 N–H and O–H groups in total. The Morgan fingerprint density at radius 2 is 1.86 bits per heavy atom. The van der Waals surface area contributed by atoms with Gasteiger partial charge in [0.25, 0.3) is 5.91 Å². The third-order valence-electron chi connectivity index (χ3n) is 5.52. The van der Waals surface area contributed by atoms with Crippen LogP contribution in [0.3, 0.4) is 0 Å². The number of rotatable bonds is 5. The number of aliphatic hydroxyl groups is 1. The van der Waals surface area contributed by atoms with Crippen molar-refractivity contribution >= 4 is 15.9 Å². The first kappa shape index (κ1) is 18.9. The summed E-state index contributed by atoms with van der Waals surface area (Å²) in [6, 6.07) is 15.5. The average molecular weight is 402 g/mol. The van der Waals surface area contributed by atoms with Crippen LogP contribution in [-0.4, -0.2) is 61.0 Å². The zero-order chi connectivity index (χ0) is 19.9. The van der Waals surface area contributed by atoms with Crippen molar-refractivity contribution in [3.63, 3.8) is 0 Å². The van der Waals surface area contributed by atoms with Crippen molar-refractivity contribution in [3.05, 3.63) is 60.2 Å². The Morgan fingerprint density at radius 3 is 2.57 bits per heavy atom. The van der Waals surface area contributed by atoms with E-state index in [1.54, 1.807) is 17.0 Å². The predicted molar refractivity (Wildman–Crippen MR) is 102 cm³/mol. The van der Waals surface area contributed by atoms with E-state index in [9.17, 15) is 18.3 Å². The highest BCUT2D eigenvalue weighted by Crippen LogP contribution is 2.36. The Morgan fingerprint density at radius 1 is 1.11 bits per heavy atom. The molecule has 0 radical (unpaired) electrons. The number of sulfonamides is 1. The van der Waals surface area contributed by atoms with Crippen LogP contribution in [-0.2, 0) is 21.4 Å². The van der Waals surface area contributed by atoms with Gasteiger partial charge >= 0.3 is 0 Å². The van der Waals surface area contributed by atoms with Gasteiger partial charge in [-0.25, -0.2) is 8.42 Å². The Labute approximate surface area is 164 Å². The smallest absolute Gasteiger partial charge is 0.252 e. The van der Waals surface area contributed by atoms with Crippen molar-refractivity contribution in [1.82, 2.24) is 9.21 Å². The number of methoxy groups -OCH3 is 1. The molecule has 2 saturated heterocycles. The van der Waals surface area contributed by atoms with E-state index in [-0.39, 0.29) is 29.9 Å². The van der Waals surface area contributed by atoms with Gasteiger partial charge in [0.15, 0.2) is 0 Å². The maximum atomic E-state index is 13.1. The maximum Gasteiger partial charge on any atom is 0.252 e. The number of nitrogens with zero attached hydrogens (tertiary/aromatic N) is 2. The molecule has 2 aromatic rings. The zero-order valence-electron chi connectivity index (χ0n) is 15.4. The minimum atomic E-state index is -3.75. The average Bonchev–Trinajstić information content (AvgIpc) is 3.25. The molecule has 0 aromatic heterocycles. The number of hydrogen-bond acceptors (Lipinski definition) is 5. The quantitative estimate of drug-likeness (QED) is 0.809. The summed E-state index contributed by atoms with van der Waals surface area (Å²) in [7, 11) is -2.26. The van der Waals surface area contributed by atoms with Gasteiger partial charge in [-0.2, -0.15) is 4.31 Å². The predicted octanol–water partition coefficient (Wildman–Crippen LogP) is 1.09. The molecule has 7 nitrogen and oxygen atoms in total. The van der Waals surface area contributed by atoms with Crippen molar-refractivity contribution in [2.45, 2.75) is 23.6 Å². The van der Waals surface area contributed by atoms with Crippen LogP contribution in [0, 0.1) is 5.92 Å². The molecule has 2 fully saturated rings. The molecule has 3 atom stereocenters. The number of carbonyl (C=O) groups excluding carboxylic acids is 1. The number of carbonyl (C=O) groups is 1. The molecule has 1 amide bonds. The summed E-state index contributed by atoms with van der Waals surface area (Å²) >= 11 is 0. The van der Waals surface area contributed by atoms with Gasteiger partial charge in [0.05, 0.1) is 18.0 Å². The minimum absolute atomic E-state index is 0.113. The summed E-state index contributed by atoms with van der Waals surface area (Å²) in [4.78, 5) is 14.3. The molecule has 28 heavy (non-hydrogen) atoms. The number of benzene rings is 2. The summed E-state index contributed by atoms with van der Waals surface area (Å²) in [5, 5.41) is 10.4. The first-order valence-electron chi connectivity index (χ1n) is 9.08. The lowest BCUT2D eigenvalue weighted by Gasteiger charge is -2.25. The normalized spacial score (nSPS) is 25.1. The number of hydrogen-bond donors (Lipinski definition) is 1. The molecule has 148 valence electrons. The fourth-order valence-electron chi connectivity index (χ4n) is 4.01. The molecule has 0 spiro atoms. The summed E-state index contributed by atoms with van der Waals surface area (Å²) in [5.74, 6) is -0.310. The highest BCUT2D eigenvalue weighted by Gasteiger charge is 2.54. The molecule has 2 aliphatic rings. The van der Waals surface area contributed by atoms with E-state index in [2.05, 4.69) is 0 Å². The Bertz CT molecular complexity index is 979. The largest absolute Gasteiger partial charge is 0.497 e. The van der Waals surface area contributed by atoms with Gasteiger partial charge in [-0.05, 0) is 17.7 Å². The minimum Gasteiger partial charge on any atom is -0.497 e. The van der Waals surface area contributed by atoms with E-state index >= 15 is 0 Å². The first-order valence-corrected chi connectivity index (χ1v) is 10.5. The van der Waals surface area contributed by atoms with E-state index in [4.69, 9.17) is 4.74 Å². The second-order valence-corrected chi connectivity index (χ2v) is 9.07. The molecule has 0 saturated carbocycles. The van der Waals surface area contributed by atoms with Gasteiger partial charge in [-0.15, -0.1) is 0 Å². The highest BCUT2D eigenvalue weighted by atomic mass is 32.2. The maximum absolute atomic E-state index is 13.1. The van der Waals surface area contributed by atoms with Gasteiger partial charge < -0.3 is 14.7 Å². The van der Waals surface area contributed by atoms with Gasteiger partial charge in [-0.1, -0.05) is 36.4 Å². The fraction of sp³-hybridized carbons (Fsp3) is 0.350. The molecular formula is C20H22N2O5S. The van der Waals surface area contributed by atoms with Crippen LogP contribution in [0.1, 0.15) is 5.56 Å². The second-order valence-electron chi connectivity index (χ2n) is 7.13.